The number of anilines is 1. The largest absolute Gasteiger partial charge is 0.383 e. The number of hydrogen-bond acceptors (Lipinski definition) is 4. The normalized spacial score (nSPS) is 9.61. The van der Waals surface area contributed by atoms with Gasteiger partial charge in [-0.05, 0) is 18.2 Å². The summed E-state index contributed by atoms with van der Waals surface area (Å²) in [5.41, 5.74) is 0.429. The van der Waals surface area contributed by atoms with E-state index in [0.29, 0.717) is 13.2 Å². The van der Waals surface area contributed by atoms with Crippen LogP contribution in [0.3, 0.4) is 0 Å². The van der Waals surface area contributed by atoms with Gasteiger partial charge >= 0.3 is 0 Å². The van der Waals surface area contributed by atoms with E-state index in [-0.39, 0.29) is 23.7 Å². The summed E-state index contributed by atoms with van der Waals surface area (Å²) in [5.74, 6) is -0.811. The molecule has 1 rings (SSSR count). The van der Waals surface area contributed by atoms with E-state index in [4.69, 9.17) is 10.00 Å². The molecule has 1 amide bonds. The first-order valence-corrected chi connectivity index (χ1v) is 5.36. The fourth-order valence-corrected chi connectivity index (χ4v) is 1.26. The van der Waals surface area contributed by atoms with Crippen molar-refractivity contribution in [2.24, 2.45) is 0 Å². The van der Waals surface area contributed by atoms with E-state index in [1.807, 2.05) is 6.07 Å². The molecule has 0 saturated carbocycles. The second-order valence-electron chi connectivity index (χ2n) is 3.50. The molecule has 0 aromatic heterocycles. The van der Waals surface area contributed by atoms with Crippen molar-refractivity contribution in [2.45, 2.75) is 0 Å². The van der Waals surface area contributed by atoms with Crippen LogP contribution >= 0.6 is 0 Å². The van der Waals surface area contributed by atoms with Crippen LogP contribution in [0.15, 0.2) is 18.2 Å². The zero-order valence-electron chi connectivity index (χ0n) is 10.00. The maximum atomic E-state index is 13.4. The third kappa shape index (κ3) is 4.39. The van der Waals surface area contributed by atoms with Gasteiger partial charge in [0.2, 0.25) is 5.91 Å². The number of hydrogen-bond donors (Lipinski definition) is 2. The van der Waals surface area contributed by atoms with Crippen molar-refractivity contribution in [3.63, 3.8) is 0 Å². The standard InChI is InChI=1S/C12H14FN3O2/c1-18-5-4-15-12(17)8-16-11-3-2-9(7-14)6-10(11)13/h2-3,6,16H,4-5,8H2,1H3,(H,15,17). The molecule has 0 aliphatic heterocycles. The van der Waals surface area contributed by atoms with Crippen LogP contribution in [0, 0.1) is 17.1 Å². The van der Waals surface area contributed by atoms with Gasteiger partial charge in [-0.25, -0.2) is 4.39 Å². The second-order valence-corrected chi connectivity index (χ2v) is 3.50. The third-order valence-electron chi connectivity index (χ3n) is 2.17. The van der Waals surface area contributed by atoms with Crippen molar-refractivity contribution in [3.8, 4) is 6.07 Å². The van der Waals surface area contributed by atoms with Gasteiger partial charge < -0.3 is 15.4 Å². The lowest BCUT2D eigenvalue weighted by Gasteiger charge is -2.08. The minimum absolute atomic E-state index is 0.0352. The molecular formula is C12H14FN3O2. The number of benzene rings is 1. The Morgan fingerprint density at radius 3 is 2.94 bits per heavy atom. The zero-order chi connectivity index (χ0) is 13.4. The molecule has 0 heterocycles. The van der Waals surface area contributed by atoms with Crippen molar-refractivity contribution in [1.29, 1.82) is 5.26 Å². The Labute approximate surface area is 105 Å². The van der Waals surface area contributed by atoms with Crippen molar-refractivity contribution in [3.05, 3.63) is 29.6 Å². The van der Waals surface area contributed by atoms with Crippen LogP contribution in [0.2, 0.25) is 0 Å². The summed E-state index contributed by atoms with van der Waals surface area (Å²) in [5, 5.41) is 13.8. The van der Waals surface area contributed by atoms with Gasteiger partial charge in [0.25, 0.3) is 0 Å². The van der Waals surface area contributed by atoms with Crippen LogP contribution in [-0.4, -0.2) is 32.7 Å². The Hall–Kier alpha value is -2.13. The summed E-state index contributed by atoms with van der Waals surface area (Å²) in [6.45, 7) is 0.802. The fourth-order valence-electron chi connectivity index (χ4n) is 1.26. The number of carbonyl (C=O) groups excluding carboxylic acids is 1. The van der Waals surface area contributed by atoms with E-state index >= 15 is 0 Å². The van der Waals surface area contributed by atoms with Crippen LogP contribution < -0.4 is 10.6 Å². The molecule has 6 heteroatoms. The van der Waals surface area contributed by atoms with E-state index in [1.165, 1.54) is 19.2 Å². The summed E-state index contributed by atoms with van der Waals surface area (Å²) in [6, 6.07) is 5.86. The fraction of sp³-hybridized carbons (Fsp3) is 0.333. The van der Waals surface area contributed by atoms with Gasteiger partial charge in [-0.2, -0.15) is 5.26 Å². The lowest BCUT2D eigenvalue weighted by molar-refractivity contribution is -0.119. The Kier molecular flexibility index (Phi) is 5.61. The Balaban J connectivity index is 2.44. The number of halogens is 1. The van der Waals surface area contributed by atoms with E-state index in [1.54, 1.807) is 0 Å². The number of rotatable bonds is 6. The molecule has 0 saturated heterocycles. The number of amides is 1. The molecular weight excluding hydrogens is 237 g/mol. The van der Waals surface area contributed by atoms with Crippen molar-refractivity contribution >= 4 is 11.6 Å². The number of nitrogens with zero attached hydrogens (tertiary/aromatic N) is 1. The summed E-state index contributed by atoms with van der Waals surface area (Å²) in [7, 11) is 1.54. The molecule has 0 spiro atoms. The SMILES string of the molecule is COCCNC(=O)CNc1ccc(C#N)cc1F. The minimum atomic E-state index is -0.557. The Morgan fingerprint density at radius 1 is 1.56 bits per heavy atom. The van der Waals surface area contributed by atoms with Gasteiger partial charge in [-0.15, -0.1) is 0 Å². The maximum Gasteiger partial charge on any atom is 0.239 e. The molecule has 0 bridgehead atoms. The Morgan fingerprint density at radius 2 is 2.33 bits per heavy atom. The van der Waals surface area contributed by atoms with E-state index in [0.717, 1.165) is 6.07 Å². The molecule has 0 aliphatic carbocycles. The van der Waals surface area contributed by atoms with Crippen molar-refractivity contribution in [2.75, 3.05) is 32.1 Å². The van der Waals surface area contributed by atoms with Crippen molar-refractivity contribution in [1.82, 2.24) is 5.32 Å². The first-order valence-electron chi connectivity index (χ1n) is 5.36. The highest BCUT2D eigenvalue weighted by Crippen LogP contribution is 2.14. The van der Waals surface area contributed by atoms with Gasteiger partial charge in [0.05, 0.1) is 30.5 Å². The van der Waals surface area contributed by atoms with Crippen molar-refractivity contribution < 1.29 is 13.9 Å². The van der Waals surface area contributed by atoms with Crippen LogP contribution in [0.25, 0.3) is 0 Å². The molecule has 1 aromatic carbocycles. The molecule has 18 heavy (non-hydrogen) atoms. The molecule has 0 atom stereocenters. The summed E-state index contributed by atoms with van der Waals surface area (Å²) in [4.78, 5) is 11.3. The quantitative estimate of drug-likeness (QED) is 0.736. The molecule has 0 fully saturated rings. The van der Waals surface area contributed by atoms with Gasteiger partial charge in [0.1, 0.15) is 5.82 Å². The predicted molar refractivity (Wildman–Crippen MR) is 64.5 cm³/mol. The minimum Gasteiger partial charge on any atom is -0.383 e. The Bertz CT molecular complexity index is 457. The van der Waals surface area contributed by atoms with Crippen LogP contribution in [0.4, 0.5) is 10.1 Å². The summed E-state index contributed by atoms with van der Waals surface area (Å²) < 4.78 is 18.2. The summed E-state index contributed by atoms with van der Waals surface area (Å²) >= 11 is 0. The highest BCUT2D eigenvalue weighted by molar-refractivity contribution is 5.80. The molecule has 96 valence electrons. The molecule has 0 aliphatic rings. The molecule has 2 N–H and O–H groups in total. The van der Waals surface area contributed by atoms with Crippen LogP contribution in [-0.2, 0) is 9.53 Å². The molecule has 1 aromatic rings. The van der Waals surface area contributed by atoms with Gasteiger partial charge in [-0.1, -0.05) is 0 Å². The topological polar surface area (TPSA) is 74.2 Å². The number of methoxy groups -OCH3 is 1. The maximum absolute atomic E-state index is 13.4. The lowest BCUT2D eigenvalue weighted by atomic mass is 10.2. The number of ether oxygens (including phenoxy) is 1. The van der Waals surface area contributed by atoms with E-state index < -0.39 is 5.82 Å². The van der Waals surface area contributed by atoms with Gasteiger partial charge in [-0.3, -0.25) is 4.79 Å². The number of carbonyl (C=O) groups is 1. The average Bonchev–Trinajstić information content (AvgIpc) is 2.37. The second kappa shape index (κ2) is 7.25. The van der Waals surface area contributed by atoms with Crippen LogP contribution in [0.5, 0.6) is 0 Å². The molecule has 0 unspecified atom stereocenters. The average molecular weight is 251 g/mol. The van der Waals surface area contributed by atoms with E-state index in [2.05, 4.69) is 10.6 Å². The lowest BCUT2D eigenvalue weighted by Crippen LogP contribution is -2.32. The van der Waals surface area contributed by atoms with Crippen LogP contribution in [0.1, 0.15) is 5.56 Å². The number of nitrogens with one attached hydrogen (secondary N) is 2. The predicted octanol–water partition coefficient (Wildman–Crippen LogP) is 0.872. The molecule has 0 radical (unpaired) electrons. The summed E-state index contributed by atoms with van der Waals surface area (Å²) in [6.07, 6.45) is 0. The highest BCUT2D eigenvalue weighted by atomic mass is 19.1. The highest BCUT2D eigenvalue weighted by Gasteiger charge is 2.05. The third-order valence-corrected chi connectivity index (χ3v) is 2.17. The van der Waals surface area contributed by atoms with Gasteiger partial charge in [0, 0.05) is 13.7 Å². The molecule has 5 nitrogen and oxygen atoms in total. The first-order chi connectivity index (χ1) is 8.67. The first kappa shape index (κ1) is 13.9. The monoisotopic (exact) mass is 251 g/mol. The van der Waals surface area contributed by atoms with Gasteiger partial charge in [0.15, 0.2) is 0 Å². The number of nitriles is 1. The smallest absolute Gasteiger partial charge is 0.239 e. The van der Waals surface area contributed by atoms with E-state index in [9.17, 15) is 9.18 Å². The zero-order valence-corrected chi connectivity index (χ0v) is 10.00.